The Bertz CT molecular complexity index is 446. The fourth-order valence-electron chi connectivity index (χ4n) is 1.14. The minimum absolute atomic E-state index is 0.162. The third kappa shape index (κ3) is 2.64. The first-order chi connectivity index (χ1) is 7.16. The van der Waals surface area contributed by atoms with E-state index in [-0.39, 0.29) is 17.5 Å². The lowest BCUT2D eigenvalue weighted by molar-refractivity contribution is 0.0691. The second kappa shape index (κ2) is 4.91. The molecule has 0 amide bonds. The summed E-state index contributed by atoms with van der Waals surface area (Å²) in [6.07, 6.45) is 3.08. The molecule has 0 heterocycles. The van der Waals surface area contributed by atoms with E-state index in [1.807, 2.05) is 6.07 Å². The number of carboxylic acids is 1. The van der Waals surface area contributed by atoms with Gasteiger partial charge in [-0.05, 0) is 11.6 Å². The number of benzene rings is 1. The zero-order valence-corrected chi connectivity index (χ0v) is 7.77. The topological polar surface area (TPSA) is 61.1 Å². The predicted octanol–water partition coefficient (Wildman–Crippen LogP) is 2.45. The molecule has 0 unspecified atom stereocenters. The number of hydrogen-bond donors (Lipinski definition) is 1. The Kier molecular flexibility index (Phi) is 3.58. The zero-order chi connectivity index (χ0) is 11.3. The molecule has 0 aromatic heterocycles. The van der Waals surface area contributed by atoms with E-state index < -0.39 is 11.8 Å². The lowest BCUT2D eigenvalue weighted by atomic mass is 10.1. The highest BCUT2D eigenvalue weighted by Gasteiger charge is 2.13. The molecule has 76 valence electrons. The molecule has 1 aromatic rings. The van der Waals surface area contributed by atoms with Crippen LogP contribution in [0.4, 0.5) is 4.39 Å². The van der Waals surface area contributed by atoms with Gasteiger partial charge in [0.1, 0.15) is 11.4 Å². The fourth-order valence-corrected chi connectivity index (χ4v) is 1.14. The summed E-state index contributed by atoms with van der Waals surface area (Å²) < 4.78 is 13.1. The largest absolute Gasteiger partial charge is 0.478 e. The van der Waals surface area contributed by atoms with Gasteiger partial charge >= 0.3 is 5.97 Å². The number of nitriles is 1. The van der Waals surface area contributed by atoms with Crippen molar-refractivity contribution in [3.8, 4) is 6.07 Å². The molecular weight excluding hydrogens is 197 g/mol. The Balaban J connectivity index is 3.13. The first kappa shape index (κ1) is 10.9. The average molecular weight is 205 g/mol. The summed E-state index contributed by atoms with van der Waals surface area (Å²) in [7, 11) is 0. The number of halogens is 1. The normalized spacial score (nSPS) is 10.1. The van der Waals surface area contributed by atoms with Gasteiger partial charge in [-0.1, -0.05) is 24.3 Å². The molecule has 0 fully saturated rings. The third-order valence-corrected chi connectivity index (χ3v) is 1.77. The number of carbonyl (C=O) groups is 1. The summed E-state index contributed by atoms with van der Waals surface area (Å²) in [5.74, 6) is -2.09. The SMILES string of the molecule is N#CCC=Cc1cccc(F)c1C(=O)O. The molecule has 1 rings (SSSR count). The van der Waals surface area contributed by atoms with Crippen LogP contribution >= 0.6 is 0 Å². The molecule has 0 saturated carbocycles. The van der Waals surface area contributed by atoms with E-state index in [4.69, 9.17) is 10.4 Å². The van der Waals surface area contributed by atoms with Gasteiger partial charge in [-0.25, -0.2) is 9.18 Å². The van der Waals surface area contributed by atoms with Crippen molar-refractivity contribution in [1.82, 2.24) is 0 Å². The zero-order valence-electron chi connectivity index (χ0n) is 7.77. The summed E-state index contributed by atoms with van der Waals surface area (Å²) >= 11 is 0. The van der Waals surface area contributed by atoms with E-state index in [1.54, 1.807) is 0 Å². The van der Waals surface area contributed by atoms with Crippen LogP contribution in [0.2, 0.25) is 0 Å². The highest BCUT2D eigenvalue weighted by Crippen LogP contribution is 2.15. The lowest BCUT2D eigenvalue weighted by Crippen LogP contribution is -2.03. The Morgan fingerprint density at radius 2 is 2.33 bits per heavy atom. The van der Waals surface area contributed by atoms with Crippen LogP contribution in [0.15, 0.2) is 24.3 Å². The Labute approximate surface area is 86.1 Å². The van der Waals surface area contributed by atoms with Gasteiger partial charge in [0.25, 0.3) is 0 Å². The van der Waals surface area contributed by atoms with Gasteiger partial charge < -0.3 is 5.11 Å². The first-order valence-electron chi connectivity index (χ1n) is 4.22. The van der Waals surface area contributed by atoms with Gasteiger partial charge in [-0.2, -0.15) is 5.26 Å². The van der Waals surface area contributed by atoms with Crippen molar-refractivity contribution in [3.63, 3.8) is 0 Å². The average Bonchev–Trinajstić information content (AvgIpc) is 2.17. The number of hydrogen-bond acceptors (Lipinski definition) is 2. The van der Waals surface area contributed by atoms with Crippen LogP contribution in [0.1, 0.15) is 22.3 Å². The van der Waals surface area contributed by atoms with Gasteiger partial charge in [0, 0.05) is 0 Å². The second-order valence-electron chi connectivity index (χ2n) is 2.77. The van der Waals surface area contributed by atoms with E-state index in [0.717, 1.165) is 6.07 Å². The molecule has 4 heteroatoms. The Morgan fingerprint density at radius 1 is 1.60 bits per heavy atom. The van der Waals surface area contributed by atoms with Crippen LogP contribution in [-0.4, -0.2) is 11.1 Å². The summed E-state index contributed by atoms with van der Waals surface area (Å²) in [5, 5.41) is 17.0. The third-order valence-electron chi connectivity index (χ3n) is 1.77. The quantitative estimate of drug-likeness (QED) is 0.824. The van der Waals surface area contributed by atoms with Crippen molar-refractivity contribution < 1.29 is 14.3 Å². The second-order valence-corrected chi connectivity index (χ2v) is 2.77. The predicted molar refractivity (Wildman–Crippen MR) is 52.6 cm³/mol. The summed E-state index contributed by atoms with van der Waals surface area (Å²) in [6.45, 7) is 0. The standard InChI is InChI=1S/C11H8FNO2/c12-9-6-3-5-8(4-1-2-7-13)10(9)11(14)15/h1,3-6H,2H2,(H,14,15). The molecule has 0 aliphatic heterocycles. The molecule has 0 radical (unpaired) electrons. The molecule has 1 N–H and O–H groups in total. The van der Waals surface area contributed by atoms with Gasteiger partial charge in [0.05, 0.1) is 12.5 Å². The van der Waals surface area contributed by atoms with Gasteiger partial charge in [-0.15, -0.1) is 0 Å². The molecule has 0 spiro atoms. The maximum atomic E-state index is 13.1. The number of nitrogens with zero attached hydrogens (tertiary/aromatic N) is 1. The van der Waals surface area contributed by atoms with Gasteiger partial charge in [0.15, 0.2) is 0 Å². The minimum Gasteiger partial charge on any atom is -0.478 e. The summed E-state index contributed by atoms with van der Waals surface area (Å²) in [4.78, 5) is 10.7. The van der Waals surface area contributed by atoms with Crippen LogP contribution in [0.5, 0.6) is 0 Å². The highest BCUT2D eigenvalue weighted by molar-refractivity contribution is 5.92. The van der Waals surface area contributed by atoms with E-state index in [1.165, 1.54) is 24.3 Å². The van der Waals surface area contributed by atoms with Gasteiger partial charge in [-0.3, -0.25) is 0 Å². The van der Waals surface area contributed by atoms with E-state index in [9.17, 15) is 9.18 Å². The smallest absolute Gasteiger partial charge is 0.339 e. The van der Waals surface area contributed by atoms with Crippen LogP contribution in [-0.2, 0) is 0 Å². The van der Waals surface area contributed by atoms with Crippen molar-refractivity contribution in [3.05, 3.63) is 41.2 Å². The Morgan fingerprint density at radius 3 is 2.93 bits per heavy atom. The Hall–Kier alpha value is -2.15. The first-order valence-corrected chi connectivity index (χ1v) is 4.22. The summed E-state index contributed by atoms with van der Waals surface area (Å²) in [6, 6.07) is 5.87. The van der Waals surface area contributed by atoms with Crippen molar-refractivity contribution in [2.75, 3.05) is 0 Å². The van der Waals surface area contributed by atoms with Crippen LogP contribution in [0.25, 0.3) is 6.08 Å². The van der Waals surface area contributed by atoms with Crippen LogP contribution in [0, 0.1) is 17.1 Å². The molecule has 3 nitrogen and oxygen atoms in total. The molecule has 1 aromatic carbocycles. The molecular formula is C11H8FNO2. The van der Waals surface area contributed by atoms with E-state index >= 15 is 0 Å². The van der Waals surface area contributed by atoms with Crippen molar-refractivity contribution in [2.24, 2.45) is 0 Å². The molecule has 0 saturated heterocycles. The van der Waals surface area contributed by atoms with Crippen molar-refractivity contribution in [1.29, 1.82) is 5.26 Å². The number of rotatable bonds is 3. The fraction of sp³-hybridized carbons (Fsp3) is 0.0909. The van der Waals surface area contributed by atoms with Crippen molar-refractivity contribution in [2.45, 2.75) is 6.42 Å². The monoisotopic (exact) mass is 205 g/mol. The molecule has 15 heavy (non-hydrogen) atoms. The van der Waals surface area contributed by atoms with Crippen LogP contribution < -0.4 is 0 Å². The van der Waals surface area contributed by atoms with Crippen molar-refractivity contribution >= 4 is 12.0 Å². The number of carboxylic acid groups (broad SMARTS) is 1. The number of allylic oxidation sites excluding steroid dienone is 1. The van der Waals surface area contributed by atoms with E-state index in [2.05, 4.69) is 0 Å². The highest BCUT2D eigenvalue weighted by atomic mass is 19.1. The maximum Gasteiger partial charge on any atom is 0.339 e. The molecule has 0 aliphatic rings. The molecule has 0 bridgehead atoms. The van der Waals surface area contributed by atoms with Crippen LogP contribution in [0.3, 0.4) is 0 Å². The number of aromatic carboxylic acids is 1. The minimum atomic E-state index is -1.32. The maximum absolute atomic E-state index is 13.1. The molecule has 0 atom stereocenters. The molecule has 0 aliphatic carbocycles. The van der Waals surface area contributed by atoms with Gasteiger partial charge in [0.2, 0.25) is 0 Å². The lowest BCUT2D eigenvalue weighted by Gasteiger charge is -2.01. The van der Waals surface area contributed by atoms with E-state index in [0.29, 0.717) is 0 Å². The summed E-state index contributed by atoms with van der Waals surface area (Å²) in [5.41, 5.74) is -0.107.